The van der Waals surface area contributed by atoms with Gasteiger partial charge in [-0.25, -0.2) is 4.79 Å². The summed E-state index contributed by atoms with van der Waals surface area (Å²) in [5.41, 5.74) is 6.18. The molecule has 7 amide bonds. The summed E-state index contributed by atoms with van der Waals surface area (Å²) in [6.07, 6.45) is 2.36. The van der Waals surface area contributed by atoms with Crippen LogP contribution < -0.4 is 27.0 Å². The van der Waals surface area contributed by atoms with Crippen LogP contribution in [0.1, 0.15) is 64.4 Å². The lowest BCUT2D eigenvalue weighted by molar-refractivity contribution is -0.138. The van der Waals surface area contributed by atoms with Crippen molar-refractivity contribution in [3.8, 4) is 0 Å². The van der Waals surface area contributed by atoms with Crippen LogP contribution in [0, 0.1) is 5.92 Å². The average Bonchev–Trinajstić information content (AvgIpc) is 3.21. The number of unbranched alkanes of at least 4 members (excludes halogenated alkanes) is 2. The number of nitrogens with zero attached hydrogens (tertiary/aromatic N) is 1. The molecule has 1 aromatic rings. The van der Waals surface area contributed by atoms with E-state index in [2.05, 4.69) is 33.9 Å². The van der Waals surface area contributed by atoms with Crippen molar-refractivity contribution in [3.05, 3.63) is 29.8 Å². The summed E-state index contributed by atoms with van der Waals surface area (Å²) in [6, 6.07) is 3.82. The summed E-state index contributed by atoms with van der Waals surface area (Å²) in [4.78, 5) is 86.1. The zero-order valence-electron chi connectivity index (χ0n) is 25.5. The summed E-state index contributed by atoms with van der Waals surface area (Å²) in [7, 11) is 4.98. The van der Waals surface area contributed by atoms with Crippen molar-refractivity contribution >= 4 is 67.6 Å². The fraction of sp³-hybridized carbons (Fsp3) is 0.552. The maximum Gasteiger partial charge on any atom is 0.312 e. The van der Waals surface area contributed by atoms with Gasteiger partial charge in [0, 0.05) is 31.6 Å². The smallest absolute Gasteiger partial charge is 0.312 e. The number of ether oxygens (including phenoxy) is 1. The molecule has 6 N–H and O–H groups in total. The summed E-state index contributed by atoms with van der Waals surface area (Å²) in [5.74, 6) is -3.17. The van der Waals surface area contributed by atoms with E-state index in [9.17, 15) is 33.6 Å². The minimum atomic E-state index is -1.00. The lowest BCUT2D eigenvalue weighted by Gasteiger charge is -2.25. The van der Waals surface area contributed by atoms with Gasteiger partial charge in [-0.1, -0.05) is 32.4 Å². The monoisotopic (exact) mass is 644 g/mol. The Bertz CT molecular complexity index is 1230. The van der Waals surface area contributed by atoms with Crippen molar-refractivity contribution in [2.75, 3.05) is 18.4 Å². The van der Waals surface area contributed by atoms with E-state index in [1.165, 1.54) is 4.90 Å². The third kappa shape index (κ3) is 13.2. The van der Waals surface area contributed by atoms with Crippen molar-refractivity contribution in [1.82, 2.24) is 20.9 Å². The quantitative estimate of drug-likeness (QED) is 0.0590. The Kier molecular flexibility index (Phi) is 15.4. The van der Waals surface area contributed by atoms with Crippen molar-refractivity contribution in [2.45, 2.75) is 82.7 Å². The van der Waals surface area contributed by atoms with Gasteiger partial charge in [0.1, 0.15) is 18.7 Å². The number of hydrogen-bond acceptors (Lipinski definition) is 9. The molecule has 45 heavy (non-hydrogen) atoms. The number of rotatable bonds is 18. The first-order valence-electron chi connectivity index (χ1n) is 14.8. The molecule has 1 aromatic carbocycles. The fourth-order valence-electron chi connectivity index (χ4n) is 4.53. The van der Waals surface area contributed by atoms with Crippen molar-refractivity contribution in [2.24, 2.45) is 11.7 Å². The second-order valence-corrected chi connectivity index (χ2v) is 11.6. The summed E-state index contributed by atoms with van der Waals surface area (Å²) >= 11 is 4.10. The molecule has 0 spiro atoms. The number of urea groups is 1. The molecule has 0 saturated carbocycles. The number of benzene rings is 1. The molecule has 16 heteroatoms. The van der Waals surface area contributed by atoms with Crippen LogP contribution in [0.2, 0.25) is 0 Å². The van der Waals surface area contributed by atoms with E-state index in [1.807, 2.05) is 0 Å². The predicted molar refractivity (Wildman–Crippen MR) is 169 cm³/mol. The number of likely N-dealkylation sites (tertiary alicyclic amines) is 1. The summed E-state index contributed by atoms with van der Waals surface area (Å²) in [6.45, 7) is 3.95. The lowest BCUT2D eigenvalue weighted by atomic mass is 10.0. The zero-order chi connectivity index (χ0) is 33.5. The number of hydrogen-bond donors (Lipinski definition) is 6. The first kappa shape index (κ1) is 37.1. The van der Waals surface area contributed by atoms with Gasteiger partial charge in [-0.05, 0) is 49.3 Å². The molecule has 2 rings (SSSR count). The number of imide groups is 1. The van der Waals surface area contributed by atoms with Gasteiger partial charge in [-0.3, -0.25) is 33.7 Å². The SMILES string of the molecule is [B]C(=O)OCc1ccc(NC(=O)[C@H](CCCNC(N)=O)NC(=O)[C@@H](NC(=O)CCCCCN2C(=O)CC(S)C2=O)C(C)C)cc1. The van der Waals surface area contributed by atoms with Crippen molar-refractivity contribution < 1.29 is 38.3 Å². The standard InChI is InChI=1S/C29H41BN6O8S/c1-17(2)24(35-22(37)8-4-3-5-14-36-23(38)15-21(45)27(36)41)26(40)34-20(7-6-13-32-29(31)43)25(39)33-19-11-9-18(10-12-19)16-44-28(30)42/h9-12,17,20-21,24,45H,3-8,13-16H2,1-2H3,(H,33,39)(H,34,40)(H,35,37)(H3,31,32,43)/t20-,21?,24-/m0/s1. The highest BCUT2D eigenvalue weighted by Crippen LogP contribution is 2.19. The number of nitrogens with two attached hydrogens (primary N) is 1. The molecule has 1 saturated heterocycles. The average molecular weight is 645 g/mol. The zero-order valence-corrected chi connectivity index (χ0v) is 26.4. The fourth-order valence-corrected chi connectivity index (χ4v) is 4.83. The van der Waals surface area contributed by atoms with Crippen LogP contribution in [-0.4, -0.2) is 84.6 Å². The molecule has 0 aliphatic carbocycles. The Hall–Kier alpha value is -4.08. The van der Waals surface area contributed by atoms with E-state index in [0.29, 0.717) is 36.9 Å². The van der Waals surface area contributed by atoms with E-state index in [4.69, 9.17) is 18.3 Å². The van der Waals surface area contributed by atoms with Crippen LogP contribution in [-0.2, 0) is 35.3 Å². The summed E-state index contributed by atoms with van der Waals surface area (Å²) in [5, 5.41) is 10.0. The minimum Gasteiger partial charge on any atom is -0.470 e. The Morgan fingerprint density at radius 1 is 1.02 bits per heavy atom. The largest absolute Gasteiger partial charge is 0.470 e. The normalized spacial score (nSPS) is 15.7. The summed E-state index contributed by atoms with van der Waals surface area (Å²) < 4.78 is 4.74. The predicted octanol–water partition coefficient (Wildman–Crippen LogP) is 1.12. The van der Waals surface area contributed by atoms with Crippen LogP contribution in [0.3, 0.4) is 0 Å². The topological polar surface area (TPSA) is 206 Å². The number of carbonyl (C=O) groups excluding carboxylic acids is 7. The minimum absolute atomic E-state index is 0.0329. The number of carbonyl (C=O) groups is 7. The van der Waals surface area contributed by atoms with E-state index in [0.717, 1.165) is 0 Å². The Morgan fingerprint density at radius 3 is 2.29 bits per heavy atom. The number of thiol groups is 1. The van der Waals surface area contributed by atoms with E-state index in [1.54, 1.807) is 38.1 Å². The number of anilines is 1. The second-order valence-electron chi connectivity index (χ2n) is 11.0. The number of primary amides is 1. The third-order valence-corrected chi connectivity index (χ3v) is 7.38. The molecule has 14 nitrogen and oxygen atoms in total. The maximum absolute atomic E-state index is 13.3. The van der Waals surface area contributed by atoms with Gasteiger partial charge in [0.25, 0.3) is 0 Å². The molecule has 1 aliphatic rings. The maximum atomic E-state index is 13.3. The Morgan fingerprint density at radius 2 is 1.71 bits per heavy atom. The van der Waals surface area contributed by atoms with Crippen molar-refractivity contribution in [1.29, 1.82) is 0 Å². The van der Waals surface area contributed by atoms with Gasteiger partial charge in [-0.2, -0.15) is 12.6 Å². The van der Waals surface area contributed by atoms with Crippen LogP contribution in [0.15, 0.2) is 24.3 Å². The Labute approximate surface area is 269 Å². The molecule has 1 heterocycles. The van der Waals surface area contributed by atoms with Gasteiger partial charge >= 0.3 is 6.03 Å². The molecule has 0 bridgehead atoms. The van der Waals surface area contributed by atoms with Gasteiger partial charge < -0.3 is 31.7 Å². The first-order valence-corrected chi connectivity index (χ1v) is 15.3. The van der Waals surface area contributed by atoms with Gasteiger partial charge in [0.2, 0.25) is 43.3 Å². The molecular weight excluding hydrogens is 603 g/mol. The van der Waals surface area contributed by atoms with Crippen LogP contribution in [0.5, 0.6) is 0 Å². The second kappa shape index (κ2) is 18.7. The highest BCUT2D eigenvalue weighted by molar-refractivity contribution is 7.81. The third-order valence-electron chi connectivity index (χ3n) is 6.98. The molecular formula is C29H41BN6O8S. The van der Waals surface area contributed by atoms with Crippen LogP contribution in [0.25, 0.3) is 0 Å². The Balaban J connectivity index is 1.93. The lowest BCUT2D eigenvalue weighted by Crippen LogP contribution is -2.54. The molecule has 244 valence electrons. The molecule has 1 unspecified atom stereocenters. The van der Waals surface area contributed by atoms with Crippen LogP contribution >= 0.6 is 12.6 Å². The van der Waals surface area contributed by atoms with Gasteiger partial charge in [-0.15, -0.1) is 0 Å². The molecule has 3 atom stereocenters. The molecule has 2 radical (unpaired) electrons. The first-order chi connectivity index (χ1) is 21.3. The number of nitrogens with one attached hydrogen (secondary N) is 4. The van der Waals surface area contributed by atoms with Gasteiger partial charge in [0.05, 0.1) is 5.25 Å². The van der Waals surface area contributed by atoms with E-state index < -0.39 is 41.0 Å². The highest BCUT2D eigenvalue weighted by atomic mass is 32.1. The molecule has 1 aliphatic heterocycles. The van der Waals surface area contributed by atoms with E-state index in [-0.39, 0.29) is 62.6 Å². The van der Waals surface area contributed by atoms with E-state index >= 15 is 0 Å². The van der Waals surface area contributed by atoms with Crippen molar-refractivity contribution in [3.63, 3.8) is 0 Å². The van der Waals surface area contributed by atoms with Crippen LogP contribution in [0.4, 0.5) is 15.3 Å². The van der Waals surface area contributed by atoms with Gasteiger partial charge in [0.15, 0.2) is 0 Å². The highest BCUT2D eigenvalue weighted by Gasteiger charge is 2.35. The number of amides is 7. The molecule has 0 aromatic heterocycles. The molecule has 1 fully saturated rings.